The van der Waals surface area contributed by atoms with Crippen LogP contribution < -0.4 is 5.32 Å². The van der Waals surface area contributed by atoms with Gasteiger partial charge in [-0.25, -0.2) is 0 Å². The van der Waals surface area contributed by atoms with Crippen molar-refractivity contribution in [1.82, 2.24) is 15.5 Å². The molecule has 0 amide bonds. The van der Waals surface area contributed by atoms with Crippen molar-refractivity contribution in [3.8, 4) is 0 Å². The maximum Gasteiger partial charge on any atom is 0.323 e. The number of nitrogens with one attached hydrogen (secondary N) is 1. The number of carboxylic acids is 1. The molecule has 2 N–H and O–H groups in total. The Balaban J connectivity index is 2.38. The molecule has 0 saturated heterocycles. The quantitative estimate of drug-likeness (QED) is 0.550. The van der Waals surface area contributed by atoms with Crippen LogP contribution in [0.4, 0.5) is 0 Å². The molecule has 6 nitrogen and oxygen atoms in total. The number of likely N-dealkylation sites (N-methyl/N-ethyl adjacent to an activating group) is 1. The summed E-state index contributed by atoms with van der Waals surface area (Å²) in [5.74, 6) is 0.505. The first kappa shape index (κ1) is 15.0. The van der Waals surface area contributed by atoms with Gasteiger partial charge in [0.05, 0.1) is 0 Å². The van der Waals surface area contributed by atoms with Crippen molar-refractivity contribution in [2.45, 2.75) is 43.9 Å². The lowest BCUT2D eigenvalue weighted by atomic mass is 9.91. The van der Waals surface area contributed by atoms with Crippen molar-refractivity contribution in [2.75, 3.05) is 12.8 Å². The van der Waals surface area contributed by atoms with E-state index < -0.39 is 11.5 Å². The van der Waals surface area contributed by atoms with Gasteiger partial charge in [-0.3, -0.25) is 4.79 Å². The molecule has 0 spiro atoms. The van der Waals surface area contributed by atoms with Gasteiger partial charge in [-0.1, -0.05) is 18.7 Å². The lowest BCUT2D eigenvalue weighted by Gasteiger charge is -2.27. The number of aromatic nitrogens is 2. The molecule has 0 saturated carbocycles. The monoisotopic (exact) mass is 273 g/mol. The fourth-order valence-electron chi connectivity index (χ4n) is 1.71. The van der Waals surface area contributed by atoms with Gasteiger partial charge in [0, 0.05) is 12.7 Å². The summed E-state index contributed by atoms with van der Waals surface area (Å²) in [7, 11) is 1.69. The Kier molecular flexibility index (Phi) is 5.61. The summed E-state index contributed by atoms with van der Waals surface area (Å²) in [6, 6.07) is 0. The van der Waals surface area contributed by atoms with Crippen molar-refractivity contribution >= 4 is 17.7 Å². The van der Waals surface area contributed by atoms with Crippen LogP contribution >= 0.6 is 11.8 Å². The van der Waals surface area contributed by atoms with Gasteiger partial charge in [-0.2, -0.15) is 0 Å². The predicted molar refractivity (Wildman–Crippen MR) is 68.7 cm³/mol. The van der Waals surface area contributed by atoms with Crippen LogP contribution in [0, 0.1) is 6.92 Å². The van der Waals surface area contributed by atoms with E-state index in [1.54, 1.807) is 14.0 Å². The Bertz CT molecular complexity index is 391. The second kappa shape index (κ2) is 6.75. The van der Waals surface area contributed by atoms with E-state index in [0.717, 1.165) is 12.2 Å². The number of carboxylic acid groups (broad SMARTS) is 1. The summed E-state index contributed by atoms with van der Waals surface area (Å²) in [5, 5.41) is 20.3. The first-order valence-electron chi connectivity index (χ1n) is 5.89. The van der Waals surface area contributed by atoms with E-state index in [4.69, 9.17) is 4.42 Å². The van der Waals surface area contributed by atoms with Gasteiger partial charge in [0.1, 0.15) is 5.54 Å². The van der Waals surface area contributed by atoms with E-state index in [2.05, 4.69) is 15.5 Å². The molecule has 1 atom stereocenters. The average molecular weight is 273 g/mol. The molecule has 0 bridgehead atoms. The van der Waals surface area contributed by atoms with Crippen LogP contribution in [0.1, 0.15) is 32.1 Å². The Morgan fingerprint density at radius 2 is 2.28 bits per heavy atom. The molecule has 7 heteroatoms. The third-order valence-corrected chi connectivity index (χ3v) is 3.88. The van der Waals surface area contributed by atoms with Crippen molar-refractivity contribution in [3.63, 3.8) is 0 Å². The van der Waals surface area contributed by atoms with Gasteiger partial charge in [0.2, 0.25) is 5.89 Å². The molecule has 0 aliphatic heterocycles. The molecule has 1 aromatic heterocycles. The molecule has 1 aromatic rings. The number of rotatable bonds is 8. The Hall–Kier alpha value is -1.08. The molecule has 0 fully saturated rings. The highest BCUT2D eigenvalue weighted by molar-refractivity contribution is 7.99. The van der Waals surface area contributed by atoms with Gasteiger partial charge in [-0.05, 0) is 26.3 Å². The Morgan fingerprint density at radius 1 is 1.56 bits per heavy atom. The number of hydrogen-bond donors (Lipinski definition) is 2. The number of thioether (sulfide) groups is 1. The lowest BCUT2D eigenvalue weighted by Crippen LogP contribution is -2.49. The van der Waals surface area contributed by atoms with E-state index in [1.165, 1.54) is 11.8 Å². The Labute approximate surface area is 111 Å². The zero-order valence-electron chi connectivity index (χ0n) is 10.9. The summed E-state index contributed by atoms with van der Waals surface area (Å²) in [6.45, 7) is 3.61. The number of aliphatic carboxylic acids is 1. The second-order valence-electron chi connectivity index (χ2n) is 4.03. The number of carbonyl (C=O) groups is 1. The summed E-state index contributed by atoms with van der Waals surface area (Å²) < 4.78 is 5.22. The highest BCUT2D eigenvalue weighted by Crippen LogP contribution is 2.22. The first-order valence-corrected chi connectivity index (χ1v) is 6.88. The minimum Gasteiger partial charge on any atom is -0.480 e. The summed E-state index contributed by atoms with van der Waals surface area (Å²) >= 11 is 1.45. The topological polar surface area (TPSA) is 88.3 Å². The van der Waals surface area contributed by atoms with E-state index in [9.17, 15) is 9.90 Å². The van der Waals surface area contributed by atoms with Gasteiger partial charge >= 0.3 is 5.97 Å². The van der Waals surface area contributed by atoms with Crippen molar-refractivity contribution in [2.24, 2.45) is 0 Å². The zero-order chi connectivity index (χ0) is 13.6. The Morgan fingerprint density at radius 3 is 2.72 bits per heavy atom. The number of nitrogens with zero attached hydrogens (tertiary/aromatic N) is 2. The predicted octanol–water partition coefficient (Wildman–Crippen LogP) is 1.70. The summed E-state index contributed by atoms with van der Waals surface area (Å²) in [6.07, 6.45) is 1.91. The van der Waals surface area contributed by atoms with Crippen molar-refractivity contribution in [3.05, 3.63) is 5.89 Å². The van der Waals surface area contributed by atoms with E-state index >= 15 is 0 Å². The number of aryl methyl sites for hydroxylation is 1. The van der Waals surface area contributed by atoms with E-state index in [0.29, 0.717) is 24.0 Å². The third-order valence-electron chi connectivity index (χ3n) is 2.97. The SMILES string of the molecule is CCC(CCCSc1nnc(C)o1)(NC)C(=O)O. The number of hydrogen-bond acceptors (Lipinski definition) is 6. The van der Waals surface area contributed by atoms with Crippen LogP contribution in [-0.4, -0.2) is 39.6 Å². The van der Waals surface area contributed by atoms with E-state index in [1.807, 2.05) is 6.92 Å². The second-order valence-corrected chi connectivity index (χ2v) is 5.08. The van der Waals surface area contributed by atoms with Gasteiger partial charge < -0.3 is 14.8 Å². The smallest absolute Gasteiger partial charge is 0.323 e. The molecule has 0 aromatic carbocycles. The van der Waals surface area contributed by atoms with Crippen LogP contribution in [0.25, 0.3) is 0 Å². The van der Waals surface area contributed by atoms with Crippen molar-refractivity contribution < 1.29 is 14.3 Å². The first-order chi connectivity index (χ1) is 8.54. The van der Waals surface area contributed by atoms with Crippen molar-refractivity contribution in [1.29, 1.82) is 0 Å². The highest BCUT2D eigenvalue weighted by Gasteiger charge is 2.34. The highest BCUT2D eigenvalue weighted by atomic mass is 32.2. The van der Waals surface area contributed by atoms with Crippen LogP contribution in [0.3, 0.4) is 0 Å². The van der Waals surface area contributed by atoms with Crippen LogP contribution in [-0.2, 0) is 4.79 Å². The maximum atomic E-state index is 11.2. The molecule has 1 heterocycles. The summed E-state index contributed by atoms with van der Waals surface area (Å²) in [5.41, 5.74) is -0.828. The molecule has 0 radical (unpaired) electrons. The molecule has 102 valence electrons. The lowest BCUT2D eigenvalue weighted by molar-refractivity contribution is -0.145. The minimum atomic E-state index is -0.828. The standard InChI is InChI=1S/C11H19N3O3S/c1-4-11(12-3,9(15)16)6-5-7-18-10-14-13-8(2)17-10/h12H,4-7H2,1-3H3,(H,15,16). The van der Waals surface area contributed by atoms with Crippen LogP contribution in [0.15, 0.2) is 9.64 Å². The molecular formula is C11H19N3O3S. The fourth-order valence-corrected chi connectivity index (χ4v) is 2.46. The van der Waals surface area contributed by atoms with Gasteiger partial charge in [-0.15, -0.1) is 10.2 Å². The van der Waals surface area contributed by atoms with Gasteiger partial charge in [0.25, 0.3) is 5.22 Å². The molecule has 1 unspecified atom stereocenters. The fraction of sp³-hybridized carbons (Fsp3) is 0.727. The molecular weight excluding hydrogens is 254 g/mol. The third kappa shape index (κ3) is 3.71. The molecule has 0 aliphatic rings. The average Bonchev–Trinajstić information content (AvgIpc) is 2.75. The normalized spacial score (nSPS) is 14.4. The van der Waals surface area contributed by atoms with E-state index in [-0.39, 0.29) is 0 Å². The minimum absolute atomic E-state index is 0.536. The largest absolute Gasteiger partial charge is 0.480 e. The summed E-state index contributed by atoms with van der Waals surface area (Å²) in [4.78, 5) is 11.2. The van der Waals surface area contributed by atoms with Crippen LogP contribution in [0.5, 0.6) is 0 Å². The molecule has 18 heavy (non-hydrogen) atoms. The molecule has 1 rings (SSSR count). The molecule has 0 aliphatic carbocycles. The zero-order valence-corrected chi connectivity index (χ0v) is 11.7. The maximum absolute atomic E-state index is 11.2. The van der Waals surface area contributed by atoms with Gasteiger partial charge in [0.15, 0.2) is 0 Å². The van der Waals surface area contributed by atoms with Crippen LogP contribution in [0.2, 0.25) is 0 Å².